The number of nitrogens with zero attached hydrogens (tertiary/aromatic N) is 4. The second-order valence-corrected chi connectivity index (χ2v) is 8.59. The number of aromatic nitrogens is 3. The van der Waals surface area contributed by atoms with Gasteiger partial charge in [0.05, 0.1) is 34.7 Å². The molecule has 1 aliphatic heterocycles. The van der Waals surface area contributed by atoms with E-state index in [0.717, 1.165) is 43.2 Å². The zero-order valence-electron chi connectivity index (χ0n) is 19.6. The highest BCUT2D eigenvalue weighted by Crippen LogP contribution is 2.38. The number of carbonyl (C=O) groups excluding carboxylic acids is 1. The number of fused-ring (bicyclic) bond motifs is 3. The molecule has 3 heterocycles. The number of carbonyl (C=O) groups is 1. The molecule has 0 saturated heterocycles. The van der Waals surface area contributed by atoms with Crippen LogP contribution in [0, 0.1) is 6.92 Å². The number of amides is 1. The Morgan fingerprint density at radius 2 is 1.94 bits per heavy atom. The van der Waals surface area contributed by atoms with E-state index >= 15 is 0 Å². The van der Waals surface area contributed by atoms with Gasteiger partial charge in [-0.1, -0.05) is 6.07 Å². The van der Waals surface area contributed by atoms with Gasteiger partial charge in [-0.05, 0) is 58.3 Å². The van der Waals surface area contributed by atoms with Crippen molar-refractivity contribution in [1.82, 2.24) is 19.9 Å². The van der Waals surface area contributed by atoms with Crippen LogP contribution in [0.4, 0.5) is 36.3 Å². The second-order valence-electron chi connectivity index (χ2n) is 8.59. The van der Waals surface area contributed by atoms with Crippen molar-refractivity contribution in [1.29, 1.82) is 0 Å². The van der Waals surface area contributed by atoms with E-state index in [-0.39, 0.29) is 18.1 Å². The second kappa shape index (κ2) is 9.87. The average Bonchev–Trinajstić information content (AvgIpc) is 2.92. The molecule has 11 heteroatoms. The fourth-order valence-corrected chi connectivity index (χ4v) is 3.75. The number of hydrogen-bond donors (Lipinski definition) is 3. The topological polar surface area (TPSA) is 95.1 Å². The van der Waals surface area contributed by atoms with Crippen molar-refractivity contribution < 1.29 is 18.0 Å². The number of hydrogen-bond acceptors (Lipinski definition) is 7. The lowest BCUT2D eigenvalue weighted by molar-refractivity contribution is -0.137. The average molecular weight is 486 g/mol. The standard InChI is InChI=1S/C24H26F3N7O/c1-14-18(7-8-20(30-14)28-9-4-10-34(2)3)32-23-29-13-15-11-21(35)31-19-12-16(24(25,26)27)5-6-17(19)22(15)33-23/h5-8,12-13H,4,9-11H2,1-3H3,(H,28,30)(H,31,35)(H,29,32,33). The van der Waals surface area contributed by atoms with Crippen LogP contribution in [0.1, 0.15) is 23.2 Å². The molecule has 1 amide bonds. The van der Waals surface area contributed by atoms with E-state index in [2.05, 4.69) is 35.8 Å². The molecule has 0 atom stereocenters. The van der Waals surface area contributed by atoms with Crippen LogP contribution in [0.2, 0.25) is 0 Å². The summed E-state index contributed by atoms with van der Waals surface area (Å²) >= 11 is 0. The molecule has 1 aliphatic rings. The van der Waals surface area contributed by atoms with E-state index in [9.17, 15) is 18.0 Å². The molecule has 2 aromatic heterocycles. The summed E-state index contributed by atoms with van der Waals surface area (Å²) in [5, 5.41) is 8.97. The Bertz CT molecular complexity index is 1240. The zero-order valence-corrected chi connectivity index (χ0v) is 19.6. The van der Waals surface area contributed by atoms with Crippen molar-refractivity contribution in [3.05, 3.63) is 53.3 Å². The Morgan fingerprint density at radius 3 is 2.66 bits per heavy atom. The summed E-state index contributed by atoms with van der Waals surface area (Å²) in [6, 6.07) is 6.94. The third kappa shape index (κ3) is 5.86. The molecule has 0 bridgehead atoms. The minimum atomic E-state index is -4.52. The van der Waals surface area contributed by atoms with Gasteiger partial charge in [0.25, 0.3) is 0 Å². The molecule has 0 aliphatic carbocycles. The van der Waals surface area contributed by atoms with E-state index in [1.165, 1.54) is 12.3 Å². The molecule has 0 spiro atoms. The summed E-state index contributed by atoms with van der Waals surface area (Å²) in [6.07, 6.45) is -2.06. The SMILES string of the molecule is Cc1nc(NCCCN(C)C)ccc1Nc1ncc2c(n1)-c1ccc(C(F)(F)F)cc1NC(=O)C2. The third-order valence-electron chi connectivity index (χ3n) is 5.51. The van der Waals surface area contributed by atoms with Crippen molar-refractivity contribution in [3.63, 3.8) is 0 Å². The Hall–Kier alpha value is -3.73. The maximum Gasteiger partial charge on any atom is 0.416 e. The lowest BCUT2D eigenvalue weighted by Crippen LogP contribution is -2.16. The number of anilines is 4. The Kier molecular flexibility index (Phi) is 6.88. The van der Waals surface area contributed by atoms with Gasteiger partial charge < -0.3 is 20.9 Å². The molecule has 0 radical (unpaired) electrons. The van der Waals surface area contributed by atoms with Crippen molar-refractivity contribution in [2.24, 2.45) is 0 Å². The van der Waals surface area contributed by atoms with Gasteiger partial charge in [-0.3, -0.25) is 4.79 Å². The third-order valence-corrected chi connectivity index (χ3v) is 5.51. The molecule has 0 unspecified atom stereocenters. The molecular formula is C24H26F3N7O. The van der Waals surface area contributed by atoms with Crippen molar-refractivity contribution in [3.8, 4) is 11.3 Å². The van der Waals surface area contributed by atoms with Gasteiger partial charge in [0.1, 0.15) is 5.82 Å². The van der Waals surface area contributed by atoms with Crippen LogP contribution < -0.4 is 16.0 Å². The number of aryl methyl sites for hydroxylation is 1. The van der Waals surface area contributed by atoms with Crippen LogP contribution in [0.15, 0.2) is 36.5 Å². The fourth-order valence-electron chi connectivity index (χ4n) is 3.75. The van der Waals surface area contributed by atoms with E-state index in [1.54, 1.807) is 0 Å². The molecule has 0 saturated carbocycles. The predicted molar refractivity (Wildman–Crippen MR) is 129 cm³/mol. The summed E-state index contributed by atoms with van der Waals surface area (Å²) in [7, 11) is 4.06. The first-order valence-electron chi connectivity index (χ1n) is 11.1. The van der Waals surface area contributed by atoms with Gasteiger partial charge >= 0.3 is 6.18 Å². The molecule has 35 heavy (non-hydrogen) atoms. The van der Waals surface area contributed by atoms with Gasteiger partial charge in [0, 0.05) is 23.9 Å². The van der Waals surface area contributed by atoms with Crippen molar-refractivity contribution >= 4 is 29.0 Å². The highest BCUT2D eigenvalue weighted by molar-refractivity contribution is 6.00. The van der Waals surface area contributed by atoms with E-state index in [0.29, 0.717) is 22.5 Å². The van der Waals surface area contributed by atoms with E-state index < -0.39 is 17.6 Å². The number of halogens is 3. The molecule has 3 aromatic rings. The number of alkyl halides is 3. The minimum Gasteiger partial charge on any atom is -0.370 e. The van der Waals surface area contributed by atoms with Gasteiger partial charge in [-0.15, -0.1) is 0 Å². The Morgan fingerprint density at radius 1 is 1.14 bits per heavy atom. The first-order chi connectivity index (χ1) is 16.6. The summed E-state index contributed by atoms with van der Waals surface area (Å²) < 4.78 is 39.5. The normalized spacial score (nSPS) is 13.1. The van der Waals surface area contributed by atoms with Gasteiger partial charge in [0.2, 0.25) is 11.9 Å². The maximum absolute atomic E-state index is 13.2. The van der Waals surface area contributed by atoms with Crippen LogP contribution in [0.5, 0.6) is 0 Å². The molecule has 4 rings (SSSR count). The monoisotopic (exact) mass is 485 g/mol. The fraction of sp³-hybridized carbons (Fsp3) is 0.333. The summed E-state index contributed by atoms with van der Waals surface area (Å²) in [5.74, 6) is 0.580. The lowest BCUT2D eigenvalue weighted by Gasteiger charge is -2.14. The van der Waals surface area contributed by atoms with Crippen LogP contribution in [-0.4, -0.2) is 52.9 Å². The summed E-state index contributed by atoms with van der Waals surface area (Å²) in [4.78, 5) is 27.8. The number of pyridine rings is 1. The number of benzene rings is 1. The van der Waals surface area contributed by atoms with Gasteiger partial charge in [-0.25, -0.2) is 15.0 Å². The summed E-state index contributed by atoms with van der Waals surface area (Å²) in [5.41, 5.74) is 1.97. The lowest BCUT2D eigenvalue weighted by atomic mass is 10.0. The smallest absolute Gasteiger partial charge is 0.370 e. The van der Waals surface area contributed by atoms with Crippen LogP contribution in [0.25, 0.3) is 11.3 Å². The molecule has 184 valence electrons. The Balaban J connectivity index is 1.57. The predicted octanol–water partition coefficient (Wildman–Crippen LogP) is 4.47. The van der Waals surface area contributed by atoms with Crippen molar-refractivity contribution in [2.45, 2.75) is 25.9 Å². The van der Waals surface area contributed by atoms with Crippen LogP contribution in [-0.2, 0) is 17.4 Å². The molecule has 8 nitrogen and oxygen atoms in total. The van der Waals surface area contributed by atoms with E-state index in [1.807, 2.05) is 33.2 Å². The Labute approximate surface area is 201 Å². The number of rotatable bonds is 7. The first kappa shape index (κ1) is 24.4. The molecule has 0 fully saturated rings. The molecular weight excluding hydrogens is 459 g/mol. The van der Waals surface area contributed by atoms with E-state index in [4.69, 9.17) is 0 Å². The van der Waals surface area contributed by atoms with Crippen molar-refractivity contribution in [2.75, 3.05) is 43.1 Å². The van der Waals surface area contributed by atoms with Gasteiger partial charge in [-0.2, -0.15) is 13.2 Å². The quantitative estimate of drug-likeness (QED) is 0.425. The minimum absolute atomic E-state index is 0.0413. The largest absolute Gasteiger partial charge is 0.416 e. The molecule has 1 aromatic carbocycles. The maximum atomic E-state index is 13.2. The van der Waals surface area contributed by atoms with Crippen LogP contribution in [0.3, 0.4) is 0 Å². The number of nitrogens with one attached hydrogen (secondary N) is 3. The first-order valence-corrected chi connectivity index (χ1v) is 11.1. The zero-order chi connectivity index (χ0) is 25.2. The highest BCUT2D eigenvalue weighted by atomic mass is 19.4. The van der Waals surface area contributed by atoms with Crippen LogP contribution >= 0.6 is 0 Å². The van der Waals surface area contributed by atoms with Gasteiger partial charge in [0.15, 0.2) is 0 Å². The molecule has 3 N–H and O–H groups in total. The highest BCUT2D eigenvalue weighted by Gasteiger charge is 2.32. The summed E-state index contributed by atoms with van der Waals surface area (Å²) in [6.45, 7) is 3.63.